The van der Waals surface area contributed by atoms with Crippen LogP contribution in [0.1, 0.15) is 39.2 Å². The van der Waals surface area contributed by atoms with Crippen molar-refractivity contribution >= 4 is 21.6 Å². The van der Waals surface area contributed by atoms with Crippen LogP contribution in [0.15, 0.2) is 22.7 Å². The molecule has 1 heterocycles. The number of rotatable bonds is 3. The zero-order valence-electron chi connectivity index (χ0n) is 12.2. The summed E-state index contributed by atoms with van der Waals surface area (Å²) in [5.74, 6) is 0.790. The van der Waals surface area contributed by atoms with Crippen LogP contribution in [-0.4, -0.2) is 18.6 Å². The summed E-state index contributed by atoms with van der Waals surface area (Å²) in [6.07, 6.45) is 3.56. The molecule has 1 aliphatic heterocycles. The molecule has 1 saturated heterocycles. The highest BCUT2D eigenvalue weighted by molar-refractivity contribution is 9.10. The molecule has 106 valence electrons. The standard InChI is InChI=1S/C16H25BrN2/c1-11-4-5-13(3)19(10-11)15-7-6-14(8-12(2)18)16(17)9-15/h6-7,9,11-13H,4-5,8,10,18H2,1-3H3. The molecule has 0 saturated carbocycles. The second-order valence-corrected chi connectivity index (χ2v) is 7.00. The van der Waals surface area contributed by atoms with E-state index in [-0.39, 0.29) is 6.04 Å². The molecule has 19 heavy (non-hydrogen) atoms. The van der Waals surface area contributed by atoms with Gasteiger partial charge in [0.2, 0.25) is 0 Å². The lowest BCUT2D eigenvalue weighted by Gasteiger charge is -2.38. The first-order valence-electron chi connectivity index (χ1n) is 7.28. The molecule has 1 aromatic rings. The van der Waals surface area contributed by atoms with Crippen molar-refractivity contribution in [3.8, 4) is 0 Å². The summed E-state index contributed by atoms with van der Waals surface area (Å²) in [5, 5.41) is 0. The van der Waals surface area contributed by atoms with Gasteiger partial charge in [-0.1, -0.05) is 28.9 Å². The number of benzene rings is 1. The van der Waals surface area contributed by atoms with E-state index < -0.39 is 0 Å². The summed E-state index contributed by atoms with van der Waals surface area (Å²) in [6, 6.07) is 7.57. The van der Waals surface area contributed by atoms with E-state index in [9.17, 15) is 0 Å². The van der Waals surface area contributed by atoms with Crippen LogP contribution in [0.5, 0.6) is 0 Å². The summed E-state index contributed by atoms with van der Waals surface area (Å²) < 4.78 is 1.19. The van der Waals surface area contributed by atoms with Gasteiger partial charge in [0.05, 0.1) is 0 Å². The van der Waals surface area contributed by atoms with Gasteiger partial charge in [0.1, 0.15) is 0 Å². The molecule has 2 rings (SSSR count). The van der Waals surface area contributed by atoms with Gasteiger partial charge < -0.3 is 10.6 Å². The van der Waals surface area contributed by atoms with Crippen LogP contribution in [0, 0.1) is 5.92 Å². The molecule has 3 atom stereocenters. The van der Waals surface area contributed by atoms with Gasteiger partial charge in [0.25, 0.3) is 0 Å². The SMILES string of the molecule is CC(N)Cc1ccc(N2CC(C)CCC2C)cc1Br. The summed E-state index contributed by atoms with van der Waals surface area (Å²) in [4.78, 5) is 2.54. The van der Waals surface area contributed by atoms with Crippen LogP contribution in [-0.2, 0) is 6.42 Å². The van der Waals surface area contributed by atoms with Crippen LogP contribution in [0.4, 0.5) is 5.69 Å². The topological polar surface area (TPSA) is 29.3 Å². The zero-order chi connectivity index (χ0) is 14.0. The van der Waals surface area contributed by atoms with Crippen LogP contribution in [0.3, 0.4) is 0 Å². The molecule has 1 fully saturated rings. The molecular weight excluding hydrogens is 300 g/mol. The van der Waals surface area contributed by atoms with Gasteiger partial charge in [-0.2, -0.15) is 0 Å². The Kier molecular flexibility index (Phi) is 4.91. The molecule has 0 radical (unpaired) electrons. The van der Waals surface area contributed by atoms with Crippen LogP contribution >= 0.6 is 15.9 Å². The smallest absolute Gasteiger partial charge is 0.0380 e. The van der Waals surface area contributed by atoms with E-state index >= 15 is 0 Å². The minimum absolute atomic E-state index is 0.205. The first-order chi connectivity index (χ1) is 8.97. The third kappa shape index (κ3) is 3.73. The molecule has 3 unspecified atom stereocenters. The molecule has 0 spiro atoms. The highest BCUT2D eigenvalue weighted by Gasteiger charge is 2.23. The number of nitrogens with two attached hydrogens (primary N) is 1. The number of nitrogens with zero attached hydrogens (tertiary/aromatic N) is 1. The van der Waals surface area contributed by atoms with Gasteiger partial charge in [0, 0.05) is 28.8 Å². The zero-order valence-corrected chi connectivity index (χ0v) is 13.8. The van der Waals surface area contributed by atoms with E-state index in [0.29, 0.717) is 6.04 Å². The normalized spacial score (nSPS) is 25.4. The summed E-state index contributed by atoms with van der Waals surface area (Å²) in [6.45, 7) is 7.89. The lowest BCUT2D eigenvalue weighted by atomic mass is 9.94. The van der Waals surface area contributed by atoms with E-state index in [4.69, 9.17) is 5.73 Å². The van der Waals surface area contributed by atoms with Gasteiger partial charge in [-0.3, -0.25) is 0 Å². The van der Waals surface area contributed by atoms with Crippen LogP contribution in [0.2, 0.25) is 0 Å². The number of piperidine rings is 1. The molecule has 0 aromatic heterocycles. The van der Waals surface area contributed by atoms with Gasteiger partial charge in [-0.25, -0.2) is 0 Å². The van der Waals surface area contributed by atoms with Crippen molar-refractivity contribution in [1.29, 1.82) is 0 Å². The van der Waals surface area contributed by atoms with Crippen molar-refractivity contribution in [2.75, 3.05) is 11.4 Å². The lowest BCUT2D eigenvalue weighted by Crippen LogP contribution is -2.41. The Balaban J connectivity index is 2.18. The maximum atomic E-state index is 5.88. The molecule has 0 bridgehead atoms. The molecule has 2 nitrogen and oxygen atoms in total. The maximum Gasteiger partial charge on any atom is 0.0380 e. The second kappa shape index (κ2) is 6.27. The Bertz CT molecular complexity index is 431. The minimum atomic E-state index is 0.205. The highest BCUT2D eigenvalue weighted by Crippen LogP contribution is 2.31. The van der Waals surface area contributed by atoms with E-state index in [0.717, 1.165) is 12.3 Å². The van der Waals surface area contributed by atoms with Gasteiger partial charge in [-0.15, -0.1) is 0 Å². The van der Waals surface area contributed by atoms with Crippen LogP contribution < -0.4 is 10.6 Å². The third-order valence-electron chi connectivity index (χ3n) is 4.03. The first-order valence-corrected chi connectivity index (χ1v) is 8.07. The lowest BCUT2D eigenvalue weighted by molar-refractivity contribution is 0.390. The maximum absolute atomic E-state index is 5.88. The summed E-state index contributed by atoms with van der Waals surface area (Å²) >= 11 is 3.70. The van der Waals surface area contributed by atoms with Crippen molar-refractivity contribution in [3.63, 3.8) is 0 Å². The Labute approximate surface area is 125 Å². The van der Waals surface area contributed by atoms with E-state index in [2.05, 4.69) is 59.8 Å². The first kappa shape index (κ1) is 14.9. The Morgan fingerprint density at radius 1 is 1.37 bits per heavy atom. The highest BCUT2D eigenvalue weighted by atomic mass is 79.9. The minimum Gasteiger partial charge on any atom is -0.369 e. The summed E-state index contributed by atoms with van der Waals surface area (Å²) in [5.41, 5.74) is 8.52. The van der Waals surface area contributed by atoms with E-state index in [1.807, 2.05) is 0 Å². The average molecular weight is 325 g/mol. The van der Waals surface area contributed by atoms with Crippen molar-refractivity contribution in [2.45, 2.75) is 52.1 Å². The fraction of sp³-hybridized carbons (Fsp3) is 0.625. The molecule has 0 aliphatic carbocycles. The van der Waals surface area contributed by atoms with Gasteiger partial charge in [-0.05, 0) is 56.7 Å². The van der Waals surface area contributed by atoms with Crippen molar-refractivity contribution in [1.82, 2.24) is 0 Å². The fourth-order valence-corrected chi connectivity index (χ4v) is 3.40. The number of halogens is 1. The molecule has 0 amide bonds. The van der Waals surface area contributed by atoms with E-state index in [1.54, 1.807) is 0 Å². The number of hydrogen-bond donors (Lipinski definition) is 1. The van der Waals surface area contributed by atoms with Crippen LogP contribution in [0.25, 0.3) is 0 Å². The fourth-order valence-electron chi connectivity index (χ4n) is 2.88. The molecule has 2 N–H and O–H groups in total. The predicted molar refractivity (Wildman–Crippen MR) is 86.7 cm³/mol. The number of anilines is 1. The summed E-state index contributed by atoms with van der Waals surface area (Å²) in [7, 11) is 0. The Hall–Kier alpha value is -0.540. The monoisotopic (exact) mass is 324 g/mol. The second-order valence-electron chi connectivity index (χ2n) is 6.14. The van der Waals surface area contributed by atoms with Crippen molar-refractivity contribution < 1.29 is 0 Å². The van der Waals surface area contributed by atoms with Crippen molar-refractivity contribution in [2.24, 2.45) is 11.7 Å². The molecule has 3 heteroatoms. The third-order valence-corrected chi connectivity index (χ3v) is 4.77. The molecule has 1 aliphatic rings. The Morgan fingerprint density at radius 2 is 2.11 bits per heavy atom. The largest absolute Gasteiger partial charge is 0.369 e. The average Bonchev–Trinajstić information content (AvgIpc) is 2.34. The number of hydrogen-bond acceptors (Lipinski definition) is 2. The predicted octanol–water partition coefficient (Wildman–Crippen LogP) is 3.96. The molecular formula is C16H25BrN2. The molecule has 1 aromatic carbocycles. The Morgan fingerprint density at radius 3 is 2.74 bits per heavy atom. The van der Waals surface area contributed by atoms with Gasteiger partial charge in [0.15, 0.2) is 0 Å². The quantitative estimate of drug-likeness (QED) is 0.911. The van der Waals surface area contributed by atoms with Gasteiger partial charge >= 0.3 is 0 Å². The van der Waals surface area contributed by atoms with Crippen molar-refractivity contribution in [3.05, 3.63) is 28.2 Å². The van der Waals surface area contributed by atoms with E-state index in [1.165, 1.54) is 35.1 Å².